The minimum Gasteiger partial charge on any atom is -0.326 e. The summed E-state index contributed by atoms with van der Waals surface area (Å²) in [7, 11) is -3.39. The molecule has 0 saturated heterocycles. The second kappa shape index (κ2) is 6.13. The first-order valence-electron chi connectivity index (χ1n) is 6.34. The van der Waals surface area contributed by atoms with Gasteiger partial charge in [-0.1, -0.05) is 12.8 Å². The summed E-state index contributed by atoms with van der Waals surface area (Å²) in [5.74, 6) is 0. The van der Waals surface area contributed by atoms with E-state index in [1.165, 1.54) is 24.2 Å². The van der Waals surface area contributed by atoms with Crippen LogP contribution in [0.2, 0.25) is 0 Å². The highest BCUT2D eigenvalue weighted by Crippen LogP contribution is 2.39. The van der Waals surface area contributed by atoms with Gasteiger partial charge in [-0.2, -0.15) is 11.8 Å². The van der Waals surface area contributed by atoms with E-state index in [1.807, 2.05) is 0 Å². The van der Waals surface area contributed by atoms with E-state index < -0.39 is 10.0 Å². The van der Waals surface area contributed by atoms with Crippen molar-refractivity contribution < 1.29 is 8.42 Å². The molecule has 4 nitrogen and oxygen atoms in total. The lowest BCUT2D eigenvalue weighted by Crippen LogP contribution is -2.38. The number of thioether (sulfide) groups is 1. The maximum absolute atomic E-state index is 12.2. The first kappa shape index (κ1) is 15.3. The molecule has 1 aliphatic rings. The van der Waals surface area contributed by atoms with E-state index in [0.717, 1.165) is 17.7 Å². The number of nitrogens with one attached hydrogen (secondary N) is 1. The Morgan fingerprint density at radius 1 is 1.47 bits per heavy atom. The first-order chi connectivity index (χ1) is 9.01. The van der Waals surface area contributed by atoms with Gasteiger partial charge in [0.25, 0.3) is 0 Å². The summed E-state index contributed by atoms with van der Waals surface area (Å²) in [6, 6.07) is 1.66. The SMILES string of the molecule is CSC1(CNS(=O)(=O)c2csc(CN)c2)CCCC1. The van der Waals surface area contributed by atoms with Gasteiger partial charge in [-0.3, -0.25) is 0 Å². The Hall–Kier alpha value is -0.0800. The molecule has 3 N–H and O–H groups in total. The Balaban J connectivity index is 2.05. The molecule has 1 aliphatic carbocycles. The van der Waals surface area contributed by atoms with Crippen molar-refractivity contribution in [1.82, 2.24) is 4.72 Å². The second-order valence-corrected chi connectivity index (χ2v) is 8.91. The van der Waals surface area contributed by atoms with Crippen LogP contribution < -0.4 is 10.5 Å². The summed E-state index contributed by atoms with van der Waals surface area (Å²) >= 11 is 3.17. The maximum Gasteiger partial charge on any atom is 0.241 e. The number of thiophene rings is 1. The predicted octanol–water partition coefficient (Wildman–Crippen LogP) is 2.16. The van der Waals surface area contributed by atoms with Crippen LogP contribution in [0.4, 0.5) is 0 Å². The van der Waals surface area contributed by atoms with Crippen LogP contribution in [0.15, 0.2) is 16.3 Å². The topological polar surface area (TPSA) is 72.2 Å². The Labute approximate surface area is 123 Å². The van der Waals surface area contributed by atoms with E-state index in [4.69, 9.17) is 5.73 Å². The van der Waals surface area contributed by atoms with Crippen molar-refractivity contribution in [2.45, 2.75) is 41.9 Å². The normalized spacial score (nSPS) is 18.8. The molecule has 0 spiro atoms. The fourth-order valence-electron chi connectivity index (χ4n) is 2.39. The van der Waals surface area contributed by atoms with Crippen LogP contribution >= 0.6 is 23.1 Å². The average molecular weight is 321 g/mol. The molecule has 2 rings (SSSR count). The van der Waals surface area contributed by atoms with Crippen molar-refractivity contribution in [3.8, 4) is 0 Å². The van der Waals surface area contributed by atoms with E-state index in [2.05, 4.69) is 11.0 Å². The summed E-state index contributed by atoms with van der Waals surface area (Å²) in [6.07, 6.45) is 6.64. The quantitative estimate of drug-likeness (QED) is 0.842. The lowest BCUT2D eigenvalue weighted by Gasteiger charge is -2.26. The molecular weight excluding hydrogens is 300 g/mol. The Morgan fingerprint density at radius 3 is 2.68 bits per heavy atom. The molecule has 0 radical (unpaired) electrons. The second-order valence-electron chi connectivity index (χ2n) is 4.87. The van der Waals surface area contributed by atoms with E-state index in [1.54, 1.807) is 23.2 Å². The van der Waals surface area contributed by atoms with Gasteiger partial charge in [-0.15, -0.1) is 11.3 Å². The number of rotatable bonds is 6. The van der Waals surface area contributed by atoms with Crippen LogP contribution in [0.3, 0.4) is 0 Å². The van der Waals surface area contributed by atoms with Crippen LogP contribution in [-0.2, 0) is 16.6 Å². The predicted molar refractivity (Wildman–Crippen MR) is 82.1 cm³/mol. The van der Waals surface area contributed by atoms with Gasteiger partial charge in [0.15, 0.2) is 0 Å². The Kier molecular flexibility index (Phi) is 4.94. The largest absolute Gasteiger partial charge is 0.326 e. The molecule has 0 aromatic carbocycles. The van der Waals surface area contributed by atoms with Gasteiger partial charge in [-0.05, 0) is 25.2 Å². The minimum absolute atomic E-state index is 0.0831. The number of hydrogen-bond donors (Lipinski definition) is 2. The average Bonchev–Trinajstić information content (AvgIpc) is 3.06. The summed E-state index contributed by atoms with van der Waals surface area (Å²) in [6.45, 7) is 0.902. The van der Waals surface area contributed by atoms with Gasteiger partial charge in [-0.25, -0.2) is 13.1 Å². The molecule has 1 saturated carbocycles. The third-order valence-corrected chi connectivity index (χ3v) is 7.58. The van der Waals surface area contributed by atoms with Crippen molar-refractivity contribution in [2.24, 2.45) is 5.73 Å². The lowest BCUT2D eigenvalue weighted by molar-refractivity contribution is 0.551. The first-order valence-corrected chi connectivity index (χ1v) is 9.92. The summed E-state index contributed by atoms with van der Waals surface area (Å²) in [5.41, 5.74) is 5.51. The van der Waals surface area contributed by atoms with Gasteiger partial charge in [0.05, 0.1) is 4.90 Å². The van der Waals surface area contributed by atoms with Gasteiger partial charge < -0.3 is 5.73 Å². The zero-order chi connectivity index (χ0) is 13.9. The highest BCUT2D eigenvalue weighted by molar-refractivity contribution is 8.00. The molecule has 1 heterocycles. The van der Waals surface area contributed by atoms with Crippen molar-refractivity contribution in [3.63, 3.8) is 0 Å². The maximum atomic E-state index is 12.2. The monoisotopic (exact) mass is 320 g/mol. The van der Waals surface area contributed by atoms with E-state index >= 15 is 0 Å². The molecule has 1 aromatic heterocycles. The highest BCUT2D eigenvalue weighted by Gasteiger charge is 2.34. The summed E-state index contributed by atoms with van der Waals surface area (Å²) < 4.78 is 27.3. The zero-order valence-corrected chi connectivity index (χ0v) is 13.5. The van der Waals surface area contributed by atoms with Crippen LogP contribution in [0.25, 0.3) is 0 Å². The van der Waals surface area contributed by atoms with Crippen molar-refractivity contribution in [2.75, 3.05) is 12.8 Å². The molecule has 1 fully saturated rings. The van der Waals surface area contributed by atoms with Gasteiger partial charge in [0, 0.05) is 28.1 Å². The number of hydrogen-bond acceptors (Lipinski definition) is 5. The van der Waals surface area contributed by atoms with Gasteiger partial charge in [0.1, 0.15) is 0 Å². The molecule has 7 heteroatoms. The third-order valence-electron chi connectivity index (χ3n) is 3.67. The van der Waals surface area contributed by atoms with Crippen LogP contribution in [0.5, 0.6) is 0 Å². The Morgan fingerprint density at radius 2 is 2.16 bits per heavy atom. The van der Waals surface area contributed by atoms with E-state index in [0.29, 0.717) is 18.0 Å². The lowest BCUT2D eigenvalue weighted by atomic mass is 10.1. The summed E-state index contributed by atoms with van der Waals surface area (Å²) in [5, 5.41) is 1.66. The van der Waals surface area contributed by atoms with E-state index in [-0.39, 0.29) is 4.75 Å². The minimum atomic E-state index is -3.39. The molecule has 0 atom stereocenters. The molecule has 0 aliphatic heterocycles. The fraction of sp³-hybridized carbons (Fsp3) is 0.667. The number of nitrogens with two attached hydrogens (primary N) is 1. The van der Waals surface area contributed by atoms with Crippen LogP contribution in [0.1, 0.15) is 30.6 Å². The molecule has 0 amide bonds. The molecule has 0 bridgehead atoms. The van der Waals surface area contributed by atoms with Gasteiger partial charge >= 0.3 is 0 Å². The molecule has 0 unspecified atom stereocenters. The number of sulfonamides is 1. The molecule has 1 aromatic rings. The van der Waals surface area contributed by atoms with Crippen LogP contribution in [-0.4, -0.2) is 26.0 Å². The van der Waals surface area contributed by atoms with Crippen molar-refractivity contribution >= 4 is 33.1 Å². The van der Waals surface area contributed by atoms with E-state index in [9.17, 15) is 8.42 Å². The summed E-state index contributed by atoms with van der Waals surface area (Å²) in [4.78, 5) is 1.23. The highest BCUT2D eigenvalue weighted by atomic mass is 32.2. The Bertz CT molecular complexity index is 519. The molecule has 19 heavy (non-hydrogen) atoms. The fourth-order valence-corrected chi connectivity index (χ4v) is 5.68. The van der Waals surface area contributed by atoms with Crippen molar-refractivity contribution in [3.05, 3.63) is 16.3 Å². The third kappa shape index (κ3) is 3.52. The molecule has 108 valence electrons. The van der Waals surface area contributed by atoms with Crippen molar-refractivity contribution in [1.29, 1.82) is 0 Å². The molecular formula is C12H20N2O2S3. The zero-order valence-electron chi connectivity index (χ0n) is 11.0. The standard InChI is InChI=1S/C12H20N2O2S3/c1-17-12(4-2-3-5-12)9-14-19(15,16)11-6-10(7-13)18-8-11/h6,8,14H,2-5,7,9,13H2,1H3. The smallest absolute Gasteiger partial charge is 0.241 e. The van der Waals surface area contributed by atoms with Crippen LogP contribution in [0, 0.1) is 0 Å². The van der Waals surface area contributed by atoms with Gasteiger partial charge in [0.2, 0.25) is 10.0 Å².